The summed E-state index contributed by atoms with van der Waals surface area (Å²) < 4.78 is 0. The van der Waals surface area contributed by atoms with E-state index in [-0.39, 0.29) is 5.91 Å². The molecule has 18 heavy (non-hydrogen) atoms. The largest absolute Gasteiger partial charge is 0.389 e. The van der Waals surface area contributed by atoms with E-state index in [2.05, 4.69) is 0 Å². The summed E-state index contributed by atoms with van der Waals surface area (Å²) in [5, 5.41) is 0. The topological polar surface area (TPSA) is 46.3 Å². The van der Waals surface area contributed by atoms with Gasteiger partial charge in [-0.3, -0.25) is 4.79 Å². The zero-order chi connectivity index (χ0) is 13.0. The van der Waals surface area contributed by atoms with E-state index in [4.69, 9.17) is 18.0 Å². The fraction of sp³-hybridized carbons (Fsp3) is 0.429. The monoisotopic (exact) mass is 262 g/mol. The standard InChI is InChI=1S/C14H18N2OS/c15-14(18)12-6-4-5-11(9-12)10-16-8-3-1-2-7-13(16)17/h4-6,9H,1-3,7-8,10H2,(H2,15,18). The molecule has 1 heterocycles. The zero-order valence-corrected chi connectivity index (χ0v) is 11.2. The van der Waals surface area contributed by atoms with Gasteiger partial charge in [0, 0.05) is 25.1 Å². The molecule has 1 amide bonds. The van der Waals surface area contributed by atoms with Crippen LogP contribution in [0.1, 0.15) is 36.8 Å². The highest BCUT2D eigenvalue weighted by atomic mass is 32.1. The second kappa shape index (κ2) is 5.96. The first-order valence-electron chi connectivity index (χ1n) is 6.33. The SMILES string of the molecule is NC(=S)c1cccc(CN2CCCCCC2=O)c1. The van der Waals surface area contributed by atoms with Gasteiger partial charge in [0.15, 0.2) is 0 Å². The Morgan fingerprint density at radius 2 is 2.17 bits per heavy atom. The maximum atomic E-state index is 11.9. The molecule has 0 aliphatic carbocycles. The van der Waals surface area contributed by atoms with Gasteiger partial charge in [-0.05, 0) is 24.5 Å². The van der Waals surface area contributed by atoms with E-state index in [9.17, 15) is 4.79 Å². The Morgan fingerprint density at radius 3 is 2.94 bits per heavy atom. The van der Waals surface area contributed by atoms with Crippen molar-refractivity contribution in [3.8, 4) is 0 Å². The quantitative estimate of drug-likeness (QED) is 0.850. The summed E-state index contributed by atoms with van der Waals surface area (Å²) >= 11 is 4.97. The van der Waals surface area contributed by atoms with Crippen LogP contribution in [-0.2, 0) is 11.3 Å². The molecule has 1 aromatic carbocycles. The molecular weight excluding hydrogens is 244 g/mol. The third-order valence-electron chi connectivity index (χ3n) is 3.26. The molecule has 0 unspecified atom stereocenters. The molecule has 1 aliphatic heterocycles. The van der Waals surface area contributed by atoms with E-state index in [1.54, 1.807) is 0 Å². The number of hydrogen-bond donors (Lipinski definition) is 1. The highest BCUT2D eigenvalue weighted by Crippen LogP contribution is 2.15. The van der Waals surface area contributed by atoms with Crippen LogP contribution in [0.2, 0.25) is 0 Å². The van der Waals surface area contributed by atoms with Gasteiger partial charge in [-0.1, -0.05) is 36.8 Å². The molecule has 2 N–H and O–H groups in total. The van der Waals surface area contributed by atoms with Crippen molar-refractivity contribution >= 4 is 23.1 Å². The number of hydrogen-bond acceptors (Lipinski definition) is 2. The Kier molecular flexibility index (Phi) is 4.31. The fourth-order valence-corrected chi connectivity index (χ4v) is 2.38. The number of carbonyl (C=O) groups excluding carboxylic acids is 1. The first kappa shape index (κ1) is 13.0. The van der Waals surface area contributed by atoms with Crippen molar-refractivity contribution in [3.63, 3.8) is 0 Å². The Balaban J connectivity index is 2.10. The van der Waals surface area contributed by atoms with E-state index >= 15 is 0 Å². The first-order valence-corrected chi connectivity index (χ1v) is 6.74. The van der Waals surface area contributed by atoms with Crippen molar-refractivity contribution in [2.45, 2.75) is 32.2 Å². The Bertz CT molecular complexity index is 459. The van der Waals surface area contributed by atoms with Gasteiger partial charge in [0.1, 0.15) is 4.99 Å². The minimum absolute atomic E-state index is 0.258. The number of benzene rings is 1. The van der Waals surface area contributed by atoms with Crippen molar-refractivity contribution in [2.75, 3.05) is 6.54 Å². The fourth-order valence-electron chi connectivity index (χ4n) is 2.25. The molecule has 0 spiro atoms. The number of likely N-dealkylation sites (tertiary alicyclic amines) is 1. The van der Waals surface area contributed by atoms with Gasteiger partial charge >= 0.3 is 0 Å². The Morgan fingerprint density at radius 1 is 1.33 bits per heavy atom. The molecule has 0 saturated carbocycles. The Hall–Kier alpha value is -1.42. The second-order valence-corrected chi connectivity index (χ2v) is 5.13. The molecule has 3 nitrogen and oxygen atoms in total. The van der Waals surface area contributed by atoms with Crippen molar-refractivity contribution in [2.24, 2.45) is 5.73 Å². The predicted octanol–water partition coefficient (Wildman–Crippen LogP) is 2.22. The third kappa shape index (κ3) is 3.29. The van der Waals surface area contributed by atoms with Gasteiger partial charge in [-0.25, -0.2) is 0 Å². The normalized spacial score (nSPS) is 16.4. The van der Waals surface area contributed by atoms with Crippen molar-refractivity contribution in [3.05, 3.63) is 35.4 Å². The van der Waals surface area contributed by atoms with E-state index in [1.807, 2.05) is 29.2 Å². The molecular formula is C14H18N2OS. The van der Waals surface area contributed by atoms with Crippen LogP contribution in [0.5, 0.6) is 0 Å². The summed E-state index contributed by atoms with van der Waals surface area (Å²) in [7, 11) is 0. The molecule has 0 bridgehead atoms. The number of thiocarbonyl (C=S) groups is 1. The van der Waals surface area contributed by atoms with E-state index < -0.39 is 0 Å². The van der Waals surface area contributed by atoms with Crippen LogP contribution in [-0.4, -0.2) is 22.3 Å². The van der Waals surface area contributed by atoms with E-state index in [0.29, 0.717) is 18.0 Å². The maximum Gasteiger partial charge on any atom is 0.222 e. The van der Waals surface area contributed by atoms with Crippen LogP contribution in [0.25, 0.3) is 0 Å². The van der Waals surface area contributed by atoms with Gasteiger partial charge in [-0.15, -0.1) is 0 Å². The molecule has 2 rings (SSSR count). The molecule has 0 aromatic heterocycles. The lowest BCUT2D eigenvalue weighted by atomic mass is 10.1. The van der Waals surface area contributed by atoms with Crippen LogP contribution >= 0.6 is 12.2 Å². The molecule has 1 aliphatic rings. The van der Waals surface area contributed by atoms with Gasteiger partial charge in [0.05, 0.1) is 0 Å². The van der Waals surface area contributed by atoms with Crippen LogP contribution in [0.15, 0.2) is 24.3 Å². The summed E-state index contributed by atoms with van der Waals surface area (Å²) in [5.41, 5.74) is 7.58. The van der Waals surface area contributed by atoms with E-state index in [0.717, 1.165) is 36.9 Å². The highest BCUT2D eigenvalue weighted by Gasteiger charge is 2.16. The third-order valence-corrected chi connectivity index (χ3v) is 3.49. The number of nitrogens with zero attached hydrogens (tertiary/aromatic N) is 1. The van der Waals surface area contributed by atoms with Crippen molar-refractivity contribution < 1.29 is 4.79 Å². The number of carbonyl (C=O) groups is 1. The van der Waals surface area contributed by atoms with Crippen LogP contribution < -0.4 is 5.73 Å². The molecule has 1 saturated heterocycles. The minimum atomic E-state index is 0.258. The summed E-state index contributed by atoms with van der Waals surface area (Å²) in [6.45, 7) is 1.52. The molecule has 1 aromatic rings. The molecule has 96 valence electrons. The first-order chi connectivity index (χ1) is 8.66. The van der Waals surface area contributed by atoms with Crippen LogP contribution in [0.3, 0.4) is 0 Å². The number of amides is 1. The molecule has 0 radical (unpaired) electrons. The summed E-state index contributed by atoms with van der Waals surface area (Å²) in [4.78, 5) is 14.3. The molecule has 1 fully saturated rings. The predicted molar refractivity (Wildman–Crippen MR) is 76.2 cm³/mol. The van der Waals surface area contributed by atoms with Crippen LogP contribution in [0, 0.1) is 0 Å². The number of rotatable bonds is 3. The van der Waals surface area contributed by atoms with Gasteiger partial charge in [0.25, 0.3) is 0 Å². The van der Waals surface area contributed by atoms with Crippen LogP contribution in [0.4, 0.5) is 0 Å². The highest BCUT2D eigenvalue weighted by molar-refractivity contribution is 7.80. The van der Waals surface area contributed by atoms with Crippen molar-refractivity contribution in [1.82, 2.24) is 4.90 Å². The zero-order valence-electron chi connectivity index (χ0n) is 10.4. The summed E-state index contributed by atoms with van der Waals surface area (Å²) in [6.07, 6.45) is 3.94. The van der Waals surface area contributed by atoms with Gasteiger partial charge in [-0.2, -0.15) is 0 Å². The summed E-state index contributed by atoms with van der Waals surface area (Å²) in [6, 6.07) is 7.82. The lowest BCUT2D eigenvalue weighted by Gasteiger charge is -2.20. The van der Waals surface area contributed by atoms with Crippen molar-refractivity contribution in [1.29, 1.82) is 0 Å². The second-order valence-electron chi connectivity index (χ2n) is 4.69. The lowest BCUT2D eigenvalue weighted by Crippen LogP contribution is -2.29. The average molecular weight is 262 g/mol. The Labute approximate surface area is 113 Å². The summed E-state index contributed by atoms with van der Waals surface area (Å²) in [5.74, 6) is 0.258. The lowest BCUT2D eigenvalue weighted by molar-refractivity contribution is -0.131. The maximum absolute atomic E-state index is 11.9. The molecule has 0 atom stereocenters. The average Bonchev–Trinajstić information content (AvgIpc) is 2.55. The van der Waals surface area contributed by atoms with Gasteiger partial charge in [0.2, 0.25) is 5.91 Å². The number of nitrogens with two attached hydrogens (primary N) is 1. The van der Waals surface area contributed by atoms with Gasteiger partial charge < -0.3 is 10.6 Å². The smallest absolute Gasteiger partial charge is 0.222 e. The molecule has 4 heteroatoms. The minimum Gasteiger partial charge on any atom is -0.389 e. The van der Waals surface area contributed by atoms with E-state index in [1.165, 1.54) is 0 Å².